The molecule has 0 bridgehead atoms. The van der Waals surface area contributed by atoms with Crippen molar-refractivity contribution in [1.82, 2.24) is 10.2 Å². The van der Waals surface area contributed by atoms with Gasteiger partial charge >= 0.3 is 0 Å². The van der Waals surface area contributed by atoms with Crippen molar-refractivity contribution in [2.24, 2.45) is 11.8 Å². The van der Waals surface area contributed by atoms with Crippen molar-refractivity contribution in [1.29, 1.82) is 0 Å². The van der Waals surface area contributed by atoms with E-state index >= 15 is 0 Å². The molecule has 2 saturated heterocycles. The third-order valence-corrected chi connectivity index (χ3v) is 6.75. The van der Waals surface area contributed by atoms with E-state index < -0.39 is 0 Å². The van der Waals surface area contributed by atoms with Crippen LogP contribution in [-0.4, -0.2) is 36.3 Å². The van der Waals surface area contributed by atoms with Crippen LogP contribution in [0.25, 0.3) is 21.9 Å². The Labute approximate surface area is 184 Å². The first-order valence-corrected chi connectivity index (χ1v) is 10.8. The number of likely N-dealkylation sites (tertiary alicyclic amines) is 1. The van der Waals surface area contributed by atoms with E-state index in [2.05, 4.69) is 11.4 Å². The van der Waals surface area contributed by atoms with Gasteiger partial charge in [0, 0.05) is 47.2 Å². The maximum atomic E-state index is 13.1. The lowest BCUT2D eigenvalue weighted by Gasteiger charge is -2.23. The van der Waals surface area contributed by atoms with Crippen LogP contribution in [0.2, 0.25) is 10.0 Å². The maximum absolute atomic E-state index is 13.1. The van der Waals surface area contributed by atoms with Crippen LogP contribution in [-0.2, 0) is 4.79 Å². The molecule has 2 fully saturated rings. The molecule has 2 aliphatic heterocycles. The number of benzene rings is 3. The number of rotatable bonds is 2. The molecule has 4 nitrogen and oxygen atoms in total. The Morgan fingerprint density at radius 2 is 1.70 bits per heavy atom. The average Bonchev–Trinajstić information content (AvgIpc) is 3.15. The van der Waals surface area contributed by atoms with Crippen molar-refractivity contribution < 1.29 is 9.59 Å². The predicted octanol–water partition coefficient (Wildman–Crippen LogP) is 5.02. The molecule has 1 N–H and O–H groups in total. The lowest BCUT2D eigenvalue weighted by molar-refractivity contribution is -0.124. The molecule has 2 atom stereocenters. The van der Waals surface area contributed by atoms with E-state index in [0.717, 1.165) is 21.9 Å². The normalized spacial score (nSPS) is 20.9. The van der Waals surface area contributed by atoms with Gasteiger partial charge in [-0.1, -0.05) is 47.5 Å². The fourth-order valence-electron chi connectivity index (χ4n) is 4.57. The number of carbonyl (C=O) groups excluding carboxylic acids is 2. The lowest BCUT2D eigenvalue weighted by atomic mass is 9.89. The van der Waals surface area contributed by atoms with E-state index in [9.17, 15) is 9.59 Å². The van der Waals surface area contributed by atoms with E-state index in [-0.39, 0.29) is 17.7 Å². The van der Waals surface area contributed by atoms with Crippen molar-refractivity contribution in [3.63, 3.8) is 0 Å². The van der Waals surface area contributed by atoms with Gasteiger partial charge in [0.25, 0.3) is 5.91 Å². The lowest BCUT2D eigenvalue weighted by Crippen LogP contribution is -2.40. The number of hydrogen-bond donors (Lipinski definition) is 1. The van der Waals surface area contributed by atoms with Gasteiger partial charge in [0.1, 0.15) is 0 Å². The molecule has 2 aliphatic rings. The second kappa shape index (κ2) is 7.60. The highest BCUT2D eigenvalue weighted by Gasteiger charge is 2.39. The smallest absolute Gasteiger partial charge is 0.253 e. The Hall–Kier alpha value is -2.56. The van der Waals surface area contributed by atoms with Gasteiger partial charge in [-0.05, 0) is 58.5 Å². The summed E-state index contributed by atoms with van der Waals surface area (Å²) in [5.74, 6) is 0.755. The zero-order valence-corrected chi connectivity index (χ0v) is 17.7. The van der Waals surface area contributed by atoms with Gasteiger partial charge in [-0.2, -0.15) is 0 Å². The maximum Gasteiger partial charge on any atom is 0.253 e. The first-order valence-electron chi connectivity index (χ1n) is 10.0. The van der Waals surface area contributed by atoms with Crippen LogP contribution in [0.15, 0.2) is 54.6 Å². The molecular formula is C24H20Cl2N2O2. The van der Waals surface area contributed by atoms with Crippen LogP contribution in [0.4, 0.5) is 0 Å². The summed E-state index contributed by atoms with van der Waals surface area (Å²) in [5, 5.41) is 6.17. The Morgan fingerprint density at radius 3 is 2.53 bits per heavy atom. The third-order valence-electron chi connectivity index (χ3n) is 6.20. The fourth-order valence-corrected chi connectivity index (χ4v) is 5.09. The Balaban J connectivity index is 1.40. The van der Waals surface area contributed by atoms with E-state index in [1.54, 1.807) is 6.07 Å². The summed E-state index contributed by atoms with van der Waals surface area (Å²) in [4.78, 5) is 26.6. The minimum Gasteiger partial charge on any atom is -0.356 e. The van der Waals surface area contributed by atoms with E-state index in [4.69, 9.17) is 23.2 Å². The van der Waals surface area contributed by atoms with Gasteiger partial charge in [-0.15, -0.1) is 0 Å². The number of carbonyl (C=O) groups is 2. The highest BCUT2D eigenvalue weighted by Crippen LogP contribution is 2.33. The zero-order valence-electron chi connectivity index (χ0n) is 16.2. The molecule has 0 radical (unpaired) electrons. The van der Waals surface area contributed by atoms with Crippen LogP contribution >= 0.6 is 23.2 Å². The molecule has 5 rings (SSSR count). The SMILES string of the molecule is O=C1C[C@@H]2CN(C(=O)c3ccc4cc(-c5ccc(Cl)cc5Cl)ccc4c3)C[C@@H]2CN1. The fraction of sp³-hybridized carbons (Fsp3) is 0.250. The Bertz CT molecular complexity index is 1180. The number of piperidine rings is 1. The summed E-state index contributed by atoms with van der Waals surface area (Å²) in [6, 6.07) is 17.4. The first kappa shape index (κ1) is 19.4. The van der Waals surface area contributed by atoms with Gasteiger partial charge < -0.3 is 10.2 Å². The highest BCUT2D eigenvalue weighted by atomic mass is 35.5. The summed E-state index contributed by atoms with van der Waals surface area (Å²) in [7, 11) is 0. The van der Waals surface area contributed by atoms with Crippen molar-refractivity contribution in [2.75, 3.05) is 19.6 Å². The molecule has 152 valence electrons. The van der Waals surface area contributed by atoms with E-state index in [0.29, 0.717) is 47.6 Å². The summed E-state index contributed by atoms with van der Waals surface area (Å²) in [6.45, 7) is 2.03. The van der Waals surface area contributed by atoms with Crippen LogP contribution in [0.3, 0.4) is 0 Å². The van der Waals surface area contributed by atoms with Gasteiger partial charge in [0.15, 0.2) is 0 Å². The van der Waals surface area contributed by atoms with Gasteiger partial charge in [-0.3, -0.25) is 9.59 Å². The van der Waals surface area contributed by atoms with E-state index in [1.165, 1.54) is 0 Å². The molecule has 0 unspecified atom stereocenters. The summed E-state index contributed by atoms with van der Waals surface area (Å²) >= 11 is 12.4. The molecule has 2 heterocycles. The van der Waals surface area contributed by atoms with Gasteiger partial charge in [0.2, 0.25) is 5.91 Å². The molecule has 0 aromatic heterocycles. The third kappa shape index (κ3) is 3.55. The van der Waals surface area contributed by atoms with Crippen molar-refractivity contribution in [2.45, 2.75) is 6.42 Å². The second-order valence-corrected chi connectivity index (χ2v) is 8.98. The van der Waals surface area contributed by atoms with Crippen molar-refractivity contribution in [3.05, 3.63) is 70.2 Å². The highest BCUT2D eigenvalue weighted by molar-refractivity contribution is 6.36. The van der Waals surface area contributed by atoms with Crippen LogP contribution in [0, 0.1) is 11.8 Å². The average molecular weight is 439 g/mol. The van der Waals surface area contributed by atoms with Crippen LogP contribution in [0.1, 0.15) is 16.8 Å². The number of nitrogens with one attached hydrogen (secondary N) is 1. The molecule has 0 spiro atoms. The topological polar surface area (TPSA) is 49.4 Å². The Kier molecular flexibility index (Phi) is 4.92. The molecule has 6 heteroatoms. The number of nitrogens with zero attached hydrogens (tertiary/aromatic N) is 1. The zero-order chi connectivity index (χ0) is 20.8. The van der Waals surface area contributed by atoms with Gasteiger partial charge in [0.05, 0.1) is 0 Å². The molecule has 3 aromatic rings. The quantitative estimate of drug-likeness (QED) is 0.610. The van der Waals surface area contributed by atoms with E-state index in [1.807, 2.05) is 47.4 Å². The molecule has 3 aromatic carbocycles. The minimum absolute atomic E-state index is 0.0311. The van der Waals surface area contributed by atoms with Crippen LogP contribution < -0.4 is 5.32 Å². The summed E-state index contributed by atoms with van der Waals surface area (Å²) in [6.07, 6.45) is 0.516. The molecule has 2 amide bonds. The predicted molar refractivity (Wildman–Crippen MR) is 120 cm³/mol. The van der Waals surface area contributed by atoms with Gasteiger partial charge in [-0.25, -0.2) is 0 Å². The number of hydrogen-bond acceptors (Lipinski definition) is 2. The van der Waals surface area contributed by atoms with Crippen molar-refractivity contribution in [3.8, 4) is 11.1 Å². The molecule has 30 heavy (non-hydrogen) atoms. The molecule has 0 aliphatic carbocycles. The van der Waals surface area contributed by atoms with Crippen molar-refractivity contribution >= 4 is 45.8 Å². The standard InChI is InChI=1S/C24H20Cl2N2O2/c25-20-5-6-21(22(26)10-20)16-3-1-15-8-17(4-2-14(15)7-16)24(30)28-12-18-9-23(29)27-11-19(18)13-28/h1-8,10,18-19H,9,11-13H2,(H,27,29)/t18-,19+/m1/s1. The minimum atomic E-state index is 0.0311. The summed E-state index contributed by atoms with van der Waals surface area (Å²) < 4.78 is 0. The van der Waals surface area contributed by atoms with Crippen LogP contribution in [0.5, 0.6) is 0 Å². The molecular weight excluding hydrogens is 419 g/mol. The number of fused-ring (bicyclic) bond motifs is 2. The number of amides is 2. The second-order valence-electron chi connectivity index (χ2n) is 8.14. The monoisotopic (exact) mass is 438 g/mol. The number of halogens is 2. The largest absolute Gasteiger partial charge is 0.356 e. The first-order chi connectivity index (χ1) is 14.5. The summed E-state index contributed by atoms with van der Waals surface area (Å²) in [5.41, 5.74) is 2.60. The Morgan fingerprint density at radius 1 is 0.933 bits per heavy atom. The molecule has 0 saturated carbocycles.